The number of carbonyl (C=O) groups excluding carboxylic acids is 1. The number of hydrogen-bond donors (Lipinski definition) is 0. The average Bonchev–Trinajstić information content (AvgIpc) is 3.57. The number of para-hydroxylation sites is 1. The van der Waals surface area contributed by atoms with Crippen LogP contribution in [0.15, 0.2) is 73.1 Å². The lowest BCUT2D eigenvalue weighted by molar-refractivity contribution is 0.0730. The van der Waals surface area contributed by atoms with Gasteiger partial charge in [-0.05, 0) is 54.3 Å². The van der Waals surface area contributed by atoms with Gasteiger partial charge in [-0.3, -0.25) is 9.78 Å². The fourth-order valence-electron chi connectivity index (χ4n) is 3.31. The van der Waals surface area contributed by atoms with Crippen LogP contribution >= 0.6 is 0 Å². The summed E-state index contributed by atoms with van der Waals surface area (Å²) in [4.78, 5) is 19.3. The van der Waals surface area contributed by atoms with Crippen LogP contribution in [0.1, 0.15) is 28.8 Å². The molecule has 1 aliphatic carbocycles. The molecule has 3 aromatic rings. The normalized spacial score (nSPS) is 13.2. The lowest BCUT2D eigenvalue weighted by Gasteiger charge is -2.23. The summed E-state index contributed by atoms with van der Waals surface area (Å²) in [6.07, 6.45) is 5.69. The van der Waals surface area contributed by atoms with Gasteiger partial charge in [0.1, 0.15) is 5.75 Å². The first-order valence-electron chi connectivity index (χ1n) is 9.19. The highest BCUT2D eigenvalue weighted by Gasteiger charge is 2.33. The van der Waals surface area contributed by atoms with Gasteiger partial charge in [0.25, 0.3) is 5.91 Å². The highest BCUT2D eigenvalue weighted by molar-refractivity contribution is 5.96. The van der Waals surface area contributed by atoms with Gasteiger partial charge in [0, 0.05) is 36.1 Å². The number of rotatable bonds is 6. The van der Waals surface area contributed by atoms with Crippen molar-refractivity contribution in [3.8, 4) is 16.9 Å². The van der Waals surface area contributed by atoms with Crippen LogP contribution in [-0.2, 0) is 6.54 Å². The Hall–Kier alpha value is -3.14. The van der Waals surface area contributed by atoms with E-state index in [-0.39, 0.29) is 5.91 Å². The summed E-state index contributed by atoms with van der Waals surface area (Å²) in [6, 6.07) is 19.9. The largest absolute Gasteiger partial charge is 0.496 e. The van der Waals surface area contributed by atoms with E-state index in [0.29, 0.717) is 18.2 Å². The van der Waals surface area contributed by atoms with Crippen molar-refractivity contribution in [2.24, 2.45) is 0 Å². The molecule has 1 saturated carbocycles. The number of ether oxygens (including phenoxy) is 1. The van der Waals surface area contributed by atoms with Crippen LogP contribution in [0.4, 0.5) is 0 Å². The topological polar surface area (TPSA) is 42.4 Å². The van der Waals surface area contributed by atoms with Crippen LogP contribution in [0.5, 0.6) is 5.75 Å². The second kappa shape index (κ2) is 7.62. The predicted molar refractivity (Wildman–Crippen MR) is 106 cm³/mol. The molecule has 4 heteroatoms. The second-order valence-corrected chi connectivity index (χ2v) is 6.80. The lowest BCUT2D eigenvalue weighted by atomic mass is 10.0. The Morgan fingerprint density at radius 1 is 1.07 bits per heavy atom. The van der Waals surface area contributed by atoms with E-state index in [4.69, 9.17) is 4.74 Å². The Morgan fingerprint density at radius 3 is 2.59 bits per heavy atom. The van der Waals surface area contributed by atoms with Gasteiger partial charge in [-0.25, -0.2) is 0 Å². The van der Waals surface area contributed by atoms with E-state index in [0.717, 1.165) is 35.3 Å². The Morgan fingerprint density at radius 2 is 1.85 bits per heavy atom. The van der Waals surface area contributed by atoms with Gasteiger partial charge in [0.05, 0.1) is 7.11 Å². The average molecular weight is 358 g/mol. The number of hydrogen-bond acceptors (Lipinski definition) is 3. The Balaban J connectivity index is 1.63. The molecule has 1 heterocycles. The fraction of sp³-hybridized carbons (Fsp3) is 0.217. The SMILES string of the molecule is COc1ccccc1-c1cccc(C(=O)N(Cc2ccncc2)C2CC2)c1. The molecule has 0 radical (unpaired) electrons. The van der Waals surface area contributed by atoms with Crippen LogP contribution in [0.3, 0.4) is 0 Å². The van der Waals surface area contributed by atoms with Crippen molar-refractivity contribution in [1.29, 1.82) is 0 Å². The minimum absolute atomic E-state index is 0.0751. The number of nitrogens with zero attached hydrogens (tertiary/aromatic N) is 2. The van der Waals surface area contributed by atoms with Crippen molar-refractivity contribution in [2.75, 3.05) is 7.11 Å². The summed E-state index contributed by atoms with van der Waals surface area (Å²) in [7, 11) is 1.66. The van der Waals surface area contributed by atoms with Crippen LogP contribution in [-0.4, -0.2) is 28.9 Å². The lowest BCUT2D eigenvalue weighted by Crippen LogP contribution is -2.32. The van der Waals surface area contributed by atoms with E-state index in [1.54, 1.807) is 19.5 Å². The van der Waals surface area contributed by atoms with Crippen LogP contribution in [0, 0.1) is 0 Å². The van der Waals surface area contributed by atoms with Gasteiger partial charge in [-0.1, -0.05) is 30.3 Å². The molecule has 4 nitrogen and oxygen atoms in total. The quantitative estimate of drug-likeness (QED) is 0.649. The van der Waals surface area contributed by atoms with Crippen molar-refractivity contribution in [3.05, 3.63) is 84.2 Å². The number of benzene rings is 2. The fourth-order valence-corrected chi connectivity index (χ4v) is 3.31. The zero-order valence-electron chi connectivity index (χ0n) is 15.3. The van der Waals surface area contributed by atoms with Gasteiger partial charge >= 0.3 is 0 Å². The summed E-state index contributed by atoms with van der Waals surface area (Å²) in [5, 5.41) is 0. The Bertz CT molecular complexity index is 936. The van der Waals surface area contributed by atoms with E-state index in [9.17, 15) is 4.79 Å². The standard InChI is InChI=1S/C23H22N2O2/c1-27-22-8-3-2-7-21(22)18-5-4-6-19(15-18)23(26)25(20-9-10-20)16-17-11-13-24-14-12-17/h2-8,11-15,20H,9-10,16H2,1H3. The Labute approximate surface area is 159 Å². The molecule has 0 N–H and O–H groups in total. The molecule has 27 heavy (non-hydrogen) atoms. The van der Waals surface area contributed by atoms with Crippen molar-refractivity contribution >= 4 is 5.91 Å². The van der Waals surface area contributed by atoms with Crippen LogP contribution in [0.2, 0.25) is 0 Å². The van der Waals surface area contributed by atoms with E-state index < -0.39 is 0 Å². The zero-order chi connectivity index (χ0) is 18.6. The third-order valence-corrected chi connectivity index (χ3v) is 4.88. The summed E-state index contributed by atoms with van der Waals surface area (Å²) in [5.74, 6) is 0.879. The molecule has 136 valence electrons. The van der Waals surface area contributed by atoms with Crippen molar-refractivity contribution in [2.45, 2.75) is 25.4 Å². The summed E-state index contributed by atoms with van der Waals surface area (Å²) in [6.45, 7) is 0.616. The summed E-state index contributed by atoms with van der Waals surface area (Å²) in [5.41, 5.74) is 3.78. The third kappa shape index (κ3) is 3.85. The molecule has 0 bridgehead atoms. The predicted octanol–water partition coefficient (Wildman–Crippen LogP) is 4.56. The highest BCUT2D eigenvalue weighted by Crippen LogP contribution is 2.32. The van der Waals surface area contributed by atoms with Gasteiger partial charge in [0.15, 0.2) is 0 Å². The van der Waals surface area contributed by atoms with Gasteiger partial charge in [-0.15, -0.1) is 0 Å². The zero-order valence-corrected chi connectivity index (χ0v) is 15.3. The second-order valence-electron chi connectivity index (χ2n) is 6.80. The monoisotopic (exact) mass is 358 g/mol. The van der Waals surface area contributed by atoms with E-state index >= 15 is 0 Å². The van der Waals surface area contributed by atoms with Gasteiger partial charge < -0.3 is 9.64 Å². The van der Waals surface area contributed by atoms with Crippen LogP contribution < -0.4 is 4.74 Å². The van der Waals surface area contributed by atoms with E-state index in [1.165, 1.54) is 0 Å². The van der Waals surface area contributed by atoms with Crippen molar-refractivity contribution in [1.82, 2.24) is 9.88 Å². The molecular formula is C23H22N2O2. The number of methoxy groups -OCH3 is 1. The van der Waals surface area contributed by atoms with Crippen molar-refractivity contribution in [3.63, 3.8) is 0 Å². The minimum atomic E-state index is 0.0751. The molecule has 0 spiro atoms. The minimum Gasteiger partial charge on any atom is -0.496 e. The highest BCUT2D eigenvalue weighted by atomic mass is 16.5. The number of carbonyl (C=O) groups is 1. The molecule has 2 aromatic carbocycles. The summed E-state index contributed by atoms with van der Waals surface area (Å²) < 4.78 is 5.47. The molecular weight excluding hydrogens is 336 g/mol. The third-order valence-electron chi connectivity index (χ3n) is 4.88. The van der Waals surface area contributed by atoms with Crippen LogP contribution in [0.25, 0.3) is 11.1 Å². The molecule has 0 aliphatic heterocycles. The molecule has 1 fully saturated rings. The van der Waals surface area contributed by atoms with Gasteiger partial charge in [-0.2, -0.15) is 0 Å². The molecule has 1 amide bonds. The first-order chi connectivity index (χ1) is 13.3. The number of pyridine rings is 1. The molecule has 4 rings (SSSR count). The van der Waals surface area contributed by atoms with Crippen molar-refractivity contribution < 1.29 is 9.53 Å². The van der Waals surface area contributed by atoms with Gasteiger partial charge in [0.2, 0.25) is 0 Å². The van der Waals surface area contributed by atoms with E-state index in [2.05, 4.69) is 4.98 Å². The molecule has 1 aliphatic rings. The molecule has 0 saturated heterocycles. The molecule has 0 atom stereocenters. The smallest absolute Gasteiger partial charge is 0.254 e. The number of aromatic nitrogens is 1. The maximum Gasteiger partial charge on any atom is 0.254 e. The Kier molecular flexibility index (Phi) is 4.88. The maximum atomic E-state index is 13.2. The molecule has 0 unspecified atom stereocenters. The first-order valence-corrected chi connectivity index (χ1v) is 9.19. The summed E-state index contributed by atoms with van der Waals surface area (Å²) >= 11 is 0. The maximum absolute atomic E-state index is 13.2. The van der Waals surface area contributed by atoms with E-state index in [1.807, 2.05) is 65.6 Å². The molecule has 1 aromatic heterocycles. The number of amides is 1. The first kappa shape index (κ1) is 17.3.